The van der Waals surface area contributed by atoms with Crippen LogP contribution < -0.4 is 4.74 Å². The minimum Gasteiger partial charge on any atom is -0.497 e. The molecule has 3 aromatic rings. The number of methoxy groups -OCH3 is 1. The van der Waals surface area contributed by atoms with Gasteiger partial charge in [-0.15, -0.1) is 0 Å². The standard InChI is InChI=1S/C27H25NO5/c1-32-18-8-6-7-17(15-18)19-13-14-28(25(19)26(29)30)27(31)33-16-24-22-11-4-2-9-20(22)21-10-3-5-12-23(21)24/h2-12,15,19,24-25H,13-14,16H2,1H3,(H,29,30)/t19-,25+/m0/s1. The topological polar surface area (TPSA) is 76.1 Å². The Morgan fingerprint density at radius 1 is 0.970 bits per heavy atom. The van der Waals surface area contributed by atoms with Crippen LogP contribution in [0, 0.1) is 0 Å². The van der Waals surface area contributed by atoms with Crippen molar-refractivity contribution in [1.29, 1.82) is 0 Å². The summed E-state index contributed by atoms with van der Waals surface area (Å²) in [7, 11) is 1.57. The molecule has 0 bridgehead atoms. The van der Waals surface area contributed by atoms with Crippen LogP contribution in [0.4, 0.5) is 4.79 Å². The van der Waals surface area contributed by atoms with Gasteiger partial charge in [0.05, 0.1) is 7.11 Å². The van der Waals surface area contributed by atoms with Crippen LogP contribution in [0.5, 0.6) is 5.75 Å². The Kier molecular flexibility index (Phi) is 5.50. The molecule has 6 nitrogen and oxygen atoms in total. The number of hydrogen-bond donors (Lipinski definition) is 1. The van der Waals surface area contributed by atoms with Crippen LogP contribution in [0.15, 0.2) is 72.8 Å². The Bertz CT molecular complexity index is 1160. The fourth-order valence-corrected chi connectivity index (χ4v) is 5.20. The summed E-state index contributed by atoms with van der Waals surface area (Å²) in [5, 5.41) is 9.95. The molecule has 1 fully saturated rings. The number of aliphatic carboxylic acids is 1. The second-order valence-electron chi connectivity index (χ2n) is 8.45. The third kappa shape index (κ3) is 3.71. The van der Waals surface area contributed by atoms with E-state index in [0.717, 1.165) is 27.8 Å². The maximum absolute atomic E-state index is 13.1. The van der Waals surface area contributed by atoms with Gasteiger partial charge in [-0.25, -0.2) is 9.59 Å². The van der Waals surface area contributed by atoms with Crippen molar-refractivity contribution in [1.82, 2.24) is 4.90 Å². The van der Waals surface area contributed by atoms with E-state index in [-0.39, 0.29) is 18.4 Å². The van der Waals surface area contributed by atoms with Gasteiger partial charge in [-0.1, -0.05) is 60.7 Å². The van der Waals surface area contributed by atoms with Crippen LogP contribution in [-0.2, 0) is 9.53 Å². The van der Waals surface area contributed by atoms with Gasteiger partial charge < -0.3 is 14.6 Å². The number of rotatable bonds is 5. The van der Waals surface area contributed by atoms with Crippen molar-refractivity contribution in [2.24, 2.45) is 0 Å². The van der Waals surface area contributed by atoms with Crippen molar-refractivity contribution in [2.75, 3.05) is 20.3 Å². The van der Waals surface area contributed by atoms with Crippen molar-refractivity contribution in [3.8, 4) is 16.9 Å². The number of likely N-dealkylation sites (tertiary alicyclic amines) is 1. The third-order valence-corrected chi connectivity index (χ3v) is 6.74. The monoisotopic (exact) mass is 443 g/mol. The van der Waals surface area contributed by atoms with Gasteiger partial charge in [0, 0.05) is 18.4 Å². The van der Waals surface area contributed by atoms with E-state index < -0.39 is 18.1 Å². The Balaban J connectivity index is 1.34. The van der Waals surface area contributed by atoms with Crippen LogP contribution in [0.1, 0.15) is 34.9 Å². The average molecular weight is 443 g/mol. The molecule has 168 valence electrons. The lowest BCUT2D eigenvalue weighted by atomic mass is 9.91. The minimum absolute atomic E-state index is 0.0681. The maximum atomic E-state index is 13.1. The van der Waals surface area contributed by atoms with Gasteiger partial charge in [0.25, 0.3) is 0 Å². The first-order valence-electron chi connectivity index (χ1n) is 11.1. The number of carboxylic acids is 1. The van der Waals surface area contributed by atoms with Gasteiger partial charge in [-0.2, -0.15) is 0 Å². The summed E-state index contributed by atoms with van der Waals surface area (Å²) >= 11 is 0. The summed E-state index contributed by atoms with van der Waals surface area (Å²) in [6.45, 7) is 0.495. The maximum Gasteiger partial charge on any atom is 0.410 e. The van der Waals surface area contributed by atoms with Crippen LogP contribution in [0.3, 0.4) is 0 Å². The summed E-state index contributed by atoms with van der Waals surface area (Å²) in [6, 6.07) is 22.6. The summed E-state index contributed by atoms with van der Waals surface area (Å²) < 4.78 is 11.0. The van der Waals surface area contributed by atoms with Crippen molar-refractivity contribution < 1.29 is 24.2 Å². The van der Waals surface area contributed by atoms with E-state index in [2.05, 4.69) is 24.3 Å². The second-order valence-corrected chi connectivity index (χ2v) is 8.45. The molecule has 0 spiro atoms. The number of fused-ring (bicyclic) bond motifs is 3. The number of nitrogens with zero attached hydrogens (tertiary/aromatic N) is 1. The average Bonchev–Trinajstić information content (AvgIpc) is 3.43. The smallest absolute Gasteiger partial charge is 0.410 e. The zero-order valence-corrected chi connectivity index (χ0v) is 18.3. The SMILES string of the molecule is COc1cccc([C@@H]2CCN(C(=O)OCC3c4ccccc4-c4ccccc43)[C@H]2C(=O)O)c1. The first-order valence-corrected chi connectivity index (χ1v) is 11.1. The van der Waals surface area contributed by atoms with Gasteiger partial charge in [0.2, 0.25) is 0 Å². The number of amides is 1. The number of carboxylic acid groups (broad SMARTS) is 1. The van der Waals surface area contributed by atoms with Crippen molar-refractivity contribution >= 4 is 12.1 Å². The lowest BCUT2D eigenvalue weighted by Crippen LogP contribution is -2.43. The first kappa shape index (κ1) is 21.1. The molecular weight excluding hydrogens is 418 g/mol. The van der Waals surface area contributed by atoms with Crippen LogP contribution >= 0.6 is 0 Å². The number of hydrogen-bond acceptors (Lipinski definition) is 4. The highest BCUT2D eigenvalue weighted by molar-refractivity contribution is 5.83. The molecule has 3 aromatic carbocycles. The Morgan fingerprint density at radius 2 is 1.64 bits per heavy atom. The molecule has 0 aromatic heterocycles. The molecule has 1 amide bonds. The molecule has 1 saturated heterocycles. The van der Waals surface area contributed by atoms with Crippen molar-refractivity contribution in [3.63, 3.8) is 0 Å². The first-order chi connectivity index (χ1) is 16.1. The molecule has 2 aliphatic rings. The van der Waals surface area contributed by atoms with E-state index in [0.29, 0.717) is 18.7 Å². The Morgan fingerprint density at radius 3 is 2.27 bits per heavy atom. The molecule has 2 atom stereocenters. The predicted octanol–water partition coefficient (Wildman–Crippen LogP) is 4.89. The molecule has 1 aliphatic carbocycles. The van der Waals surface area contributed by atoms with Gasteiger partial charge in [-0.05, 0) is 46.4 Å². The van der Waals surface area contributed by atoms with E-state index >= 15 is 0 Å². The second kappa shape index (κ2) is 8.62. The quantitative estimate of drug-likeness (QED) is 0.608. The summed E-state index contributed by atoms with van der Waals surface area (Å²) in [5.74, 6) is -0.760. The lowest BCUT2D eigenvalue weighted by Gasteiger charge is -2.25. The molecule has 0 saturated carbocycles. The van der Waals surface area contributed by atoms with E-state index in [1.165, 1.54) is 4.90 Å². The third-order valence-electron chi connectivity index (χ3n) is 6.74. The highest BCUT2D eigenvalue weighted by Crippen LogP contribution is 2.44. The largest absolute Gasteiger partial charge is 0.497 e. The Labute approximate surface area is 192 Å². The highest BCUT2D eigenvalue weighted by atomic mass is 16.6. The van der Waals surface area contributed by atoms with Crippen LogP contribution in [-0.4, -0.2) is 48.4 Å². The molecule has 0 unspecified atom stereocenters. The fraction of sp³-hybridized carbons (Fsp3) is 0.259. The van der Waals surface area contributed by atoms with Crippen molar-refractivity contribution in [2.45, 2.75) is 24.3 Å². The number of carbonyl (C=O) groups is 2. The molecule has 0 radical (unpaired) electrons. The van der Waals surface area contributed by atoms with Gasteiger partial charge >= 0.3 is 12.1 Å². The summed E-state index contributed by atoms with van der Waals surface area (Å²) in [4.78, 5) is 26.6. The normalized spacial score (nSPS) is 19.1. The molecule has 1 N–H and O–H groups in total. The summed E-state index contributed by atoms with van der Waals surface area (Å²) in [6.07, 6.45) is -0.0383. The van der Waals surface area contributed by atoms with Crippen LogP contribution in [0.2, 0.25) is 0 Å². The fourth-order valence-electron chi connectivity index (χ4n) is 5.20. The summed E-state index contributed by atoms with van der Waals surface area (Å²) in [5.41, 5.74) is 5.39. The van der Waals surface area contributed by atoms with E-state index in [1.807, 2.05) is 48.5 Å². The zero-order chi connectivity index (χ0) is 22.9. The highest BCUT2D eigenvalue weighted by Gasteiger charge is 2.44. The van der Waals surface area contributed by atoms with E-state index in [4.69, 9.17) is 9.47 Å². The Hall–Kier alpha value is -3.80. The molecule has 5 rings (SSSR count). The number of carbonyl (C=O) groups excluding carboxylic acids is 1. The van der Waals surface area contributed by atoms with Gasteiger partial charge in [0.1, 0.15) is 18.4 Å². The predicted molar refractivity (Wildman–Crippen MR) is 124 cm³/mol. The van der Waals surface area contributed by atoms with Crippen LogP contribution in [0.25, 0.3) is 11.1 Å². The minimum atomic E-state index is -1.03. The lowest BCUT2D eigenvalue weighted by molar-refractivity contribution is -0.142. The molecule has 33 heavy (non-hydrogen) atoms. The molecule has 6 heteroatoms. The van der Waals surface area contributed by atoms with E-state index in [1.54, 1.807) is 7.11 Å². The van der Waals surface area contributed by atoms with Gasteiger partial charge in [0.15, 0.2) is 0 Å². The molecule has 1 aliphatic heterocycles. The van der Waals surface area contributed by atoms with E-state index in [9.17, 15) is 14.7 Å². The molecular formula is C27H25NO5. The zero-order valence-electron chi connectivity index (χ0n) is 18.3. The van der Waals surface area contributed by atoms with Gasteiger partial charge in [-0.3, -0.25) is 4.90 Å². The van der Waals surface area contributed by atoms with Crippen molar-refractivity contribution in [3.05, 3.63) is 89.5 Å². The number of benzene rings is 3. The molecule has 1 heterocycles. The number of ether oxygens (including phenoxy) is 2.